The lowest BCUT2D eigenvalue weighted by Crippen LogP contribution is -2.17. The highest BCUT2D eigenvalue weighted by atomic mass is 79.9. The Bertz CT molecular complexity index is 601. The zero-order valence-electron chi connectivity index (χ0n) is 11.2. The molecule has 0 aliphatic heterocycles. The molecule has 1 N–H and O–H groups in total. The maximum atomic E-state index is 4.59. The molecule has 2 aromatic rings. The lowest BCUT2D eigenvalue weighted by molar-refractivity contribution is 0.678. The van der Waals surface area contributed by atoms with E-state index in [-0.39, 0.29) is 0 Å². The molecule has 3 rings (SSSR count). The Hall–Kier alpha value is -1.20. The summed E-state index contributed by atoms with van der Waals surface area (Å²) in [7, 11) is 0. The van der Waals surface area contributed by atoms with Crippen molar-refractivity contribution in [1.82, 2.24) is 20.1 Å². The molecule has 2 aromatic heterocycles. The number of pyridine rings is 1. The minimum atomic E-state index is 0.702. The van der Waals surface area contributed by atoms with Gasteiger partial charge in [0.15, 0.2) is 0 Å². The molecular formula is C14H17BrN4. The van der Waals surface area contributed by atoms with Crippen LogP contribution in [0.15, 0.2) is 22.9 Å². The summed E-state index contributed by atoms with van der Waals surface area (Å²) in [6, 6.07) is 2.77. The highest BCUT2D eigenvalue weighted by Gasteiger charge is 2.21. The van der Waals surface area contributed by atoms with Crippen LogP contribution in [0.5, 0.6) is 0 Å². The number of nitrogens with zero attached hydrogens (tertiary/aromatic N) is 3. The number of hydrogen-bond acceptors (Lipinski definition) is 3. The Balaban J connectivity index is 1.96. The van der Waals surface area contributed by atoms with Crippen LogP contribution in [-0.4, -0.2) is 20.8 Å². The van der Waals surface area contributed by atoms with Gasteiger partial charge in [-0.05, 0) is 54.2 Å². The van der Waals surface area contributed by atoms with Crippen molar-refractivity contribution in [1.29, 1.82) is 0 Å². The number of hydrogen-bond donors (Lipinski definition) is 1. The Labute approximate surface area is 121 Å². The second-order valence-corrected chi connectivity index (χ2v) is 5.85. The van der Waals surface area contributed by atoms with Crippen LogP contribution in [0.1, 0.15) is 29.8 Å². The number of halogens is 1. The molecule has 0 radical (unpaired) electrons. The van der Waals surface area contributed by atoms with E-state index >= 15 is 0 Å². The van der Waals surface area contributed by atoms with Crippen molar-refractivity contribution in [3.8, 4) is 5.69 Å². The molecule has 1 fully saturated rings. The zero-order chi connectivity index (χ0) is 13.4. The van der Waals surface area contributed by atoms with Gasteiger partial charge in [-0.2, -0.15) is 5.10 Å². The molecule has 0 saturated heterocycles. The second kappa shape index (κ2) is 5.06. The van der Waals surface area contributed by atoms with Crippen molar-refractivity contribution < 1.29 is 0 Å². The standard InChI is InChI=1S/C14H17BrN4/c1-9-14(15)10(2)19(18-9)13-8-16-6-5-11(13)7-17-12-3-4-12/h5-6,8,12,17H,3-4,7H2,1-2H3. The molecule has 0 aromatic carbocycles. The van der Waals surface area contributed by atoms with Crippen LogP contribution in [0.3, 0.4) is 0 Å². The fraction of sp³-hybridized carbons (Fsp3) is 0.429. The predicted octanol–water partition coefficient (Wildman–Crippen LogP) is 2.90. The minimum Gasteiger partial charge on any atom is -0.310 e. The van der Waals surface area contributed by atoms with E-state index in [0.29, 0.717) is 6.04 Å². The Morgan fingerprint density at radius 2 is 2.21 bits per heavy atom. The maximum Gasteiger partial charge on any atom is 0.0877 e. The fourth-order valence-electron chi connectivity index (χ4n) is 2.16. The molecular weight excluding hydrogens is 304 g/mol. The first-order valence-corrected chi connectivity index (χ1v) is 7.34. The van der Waals surface area contributed by atoms with Crippen LogP contribution < -0.4 is 5.32 Å². The molecule has 2 heterocycles. The summed E-state index contributed by atoms with van der Waals surface area (Å²) in [5, 5.41) is 8.13. The molecule has 0 unspecified atom stereocenters. The van der Waals surface area contributed by atoms with Gasteiger partial charge in [0.2, 0.25) is 0 Å². The summed E-state index contributed by atoms with van der Waals surface area (Å²) in [5.41, 5.74) is 4.41. The first-order valence-electron chi connectivity index (χ1n) is 6.55. The average Bonchev–Trinajstić information content (AvgIpc) is 3.21. The third kappa shape index (κ3) is 2.58. The summed E-state index contributed by atoms with van der Waals surface area (Å²) in [5.74, 6) is 0. The topological polar surface area (TPSA) is 42.7 Å². The number of nitrogens with one attached hydrogen (secondary N) is 1. The van der Waals surface area contributed by atoms with Gasteiger partial charge in [0, 0.05) is 18.8 Å². The summed E-state index contributed by atoms with van der Waals surface area (Å²) < 4.78 is 3.04. The molecule has 1 aliphatic carbocycles. The molecule has 1 saturated carbocycles. The monoisotopic (exact) mass is 320 g/mol. The summed E-state index contributed by atoms with van der Waals surface area (Å²) in [6.45, 7) is 4.94. The van der Waals surface area contributed by atoms with E-state index in [2.05, 4.69) is 44.3 Å². The molecule has 19 heavy (non-hydrogen) atoms. The molecule has 0 atom stereocenters. The maximum absolute atomic E-state index is 4.59. The van der Waals surface area contributed by atoms with Crippen LogP contribution >= 0.6 is 15.9 Å². The Morgan fingerprint density at radius 1 is 1.42 bits per heavy atom. The third-order valence-electron chi connectivity index (χ3n) is 3.48. The zero-order valence-corrected chi connectivity index (χ0v) is 12.7. The average molecular weight is 321 g/mol. The van der Waals surface area contributed by atoms with Gasteiger partial charge in [-0.25, -0.2) is 4.68 Å². The Morgan fingerprint density at radius 3 is 2.84 bits per heavy atom. The van der Waals surface area contributed by atoms with E-state index in [1.54, 1.807) is 0 Å². The van der Waals surface area contributed by atoms with Gasteiger partial charge in [0.25, 0.3) is 0 Å². The van der Waals surface area contributed by atoms with Gasteiger partial charge < -0.3 is 5.32 Å². The molecule has 1 aliphatic rings. The van der Waals surface area contributed by atoms with Gasteiger partial charge in [0.05, 0.1) is 27.7 Å². The highest BCUT2D eigenvalue weighted by Crippen LogP contribution is 2.25. The molecule has 0 spiro atoms. The van der Waals surface area contributed by atoms with E-state index in [0.717, 1.165) is 28.1 Å². The van der Waals surface area contributed by atoms with Crippen molar-refractivity contribution in [2.24, 2.45) is 0 Å². The molecule has 0 bridgehead atoms. The number of rotatable bonds is 4. The van der Waals surface area contributed by atoms with Crippen LogP contribution in [-0.2, 0) is 6.54 Å². The van der Waals surface area contributed by atoms with E-state index in [1.807, 2.05) is 24.0 Å². The highest BCUT2D eigenvalue weighted by molar-refractivity contribution is 9.10. The van der Waals surface area contributed by atoms with Crippen molar-refractivity contribution >= 4 is 15.9 Å². The lowest BCUT2D eigenvalue weighted by Gasteiger charge is -2.11. The SMILES string of the molecule is Cc1nn(-c2cnccc2CNC2CC2)c(C)c1Br. The van der Waals surface area contributed by atoms with Crippen molar-refractivity contribution in [2.45, 2.75) is 39.3 Å². The largest absolute Gasteiger partial charge is 0.310 e. The van der Waals surface area contributed by atoms with E-state index < -0.39 is 0 Å². The fourth-order valence-corrected chi connectivity index (χ4v) is 2.40. The first-order chi connectivity index (χ1) is 9.16. The van der Waals surface area contributed by atoms with E-state index in [4.69, 9.17) is 0 Å². The van der Waals surface area contributed by atoms with E-state index in [1.165, 1.54) is 18.4 Å². The summed E-state index contributed by atoms with van der Waals surface area (Å²) in [4.78, 5) is 4.24. The van der Waals surface area contributed by atoms with Crippen molar-refractivity contribution in [2.75, 3.05) is 0 Å². The minimum absolute atomic E-state index is 0.702. The van der Waals surface area contributed by atoms with E-state index in [9.17, 15) is 0 Å². The smallest absolute Gasteiger partial charge is 0.0877 e. The molecule has 100 valence electrons. The van der Waals surface area contributed by atoms with Crippen molar-refractivity contribution in [3.63, 3.8) is 0 Å². The van der Waals surface area contributed by atoms with Gasteiger partial charge in [-0.3, -0.25) is 4.98 Å². The molecule has 4 nitrogen and oxygen atoms in total. The van der Waals surface area contributed by atoms with Crippen LogP contribution in [0.2, 0.25) is 0 Å². The van der Waals surface area contributed by atoms with Crippen LogP contribution in [0, 0.1) is 13.8 Å². The first kappa shape index (κ1) is 12.8. The van der Waals surface area contributed by atoms with Crippen LogP contribution in [0.4, 0.5) is 0 Å². The predicted molar refractivity (Wildman–Crippen MR) is 78.4 cm³/mol. The van der Waals surface area contributed by atoms with Gasteiger partial charge in [0.1, 0.15) is 0 Å². The number of aromatic nitrogens is 3. The quantitative estimate of drug-likeness (QED) is 0.941. The second-order valence-electron chi connectivity index (χ2n) is 5.06. The summed E-state index contributed by atoms with van der Waals surface area (Å²) in [6.07, 6.45) is 6.32. The van der Waals surface area contributed by atoms with Crippen molar-refractivity contribution in [3.05, 3.63) is 39.9 Å². The normalized spacial score (nSPS) is 14.9. The lowest BCUT2D eigenvalue weighted by atomic mass is 10.2. The number of aryl methyl sites for hydroxylation is 1. The molecule has 0 amide bonds. The summed E-state index contributed by atoms with van der Waals surface area (Å²) >= 11 is 3.57. The molecule has 5 heteroatoms. The Kier molecular flexibility index (Phi) is 3.41. The van der Waals surface area contributed by atoms with Gasteiger partial charge >= 0.3 is 0 Å². The van der Waals surface area contributed by atoms with Gasteiger partial charge in [-0.1, -0.05) is 0 Å². The van der Waals surface area contributed by atoms with Crippen LogP contribution in [0.25, 0.3) is 5.69 Å². The third-order valence-corrected chi connectivity index (χ3v) is 4.62. The van der Waals surface area contributed by atoms with Gasteiger partial charge in [-0.15, -0.1) is 0 Å².